The topological polar surface area (TPSA) is 72.4 Å². The molecule has 0 saturated carbocycles. The van der Waals surface area contributed by atoms with E-state index < -0.39 is 5.97 Å². The zero-order chi connectivity index (χ0) is 13.3. The van der Waals surface area contributed by atoms with Crippen molar-refractivity contribution in [3.63, 3.8) is 0 Å². The van der Waals surface area contributed by atoms with Crippen molar-refractivity contribution in [3.8, 4) is 0 Å². The standard InChI is InChI=1S/C13H15NO4/c1-8(6-12(15)16)5-9-3-4-10-11(7-9)18-13(17)14(10)2/h3-4,7-8H,5-6H2,1-2H3,(H,15,16). The van der Waals surface area contributed by atoms with Crippen LogP contribution in [0.25, 0.3) is 11.1 Å². The van der Waals surface area contributed by atoms with Crippen LogP contribution in [-0.2, 0) is 18.3 Å². The number of nitrogens with zero attached hydrogens (tertiary/aromatic N) is 1. The molecule has 0 radical (unpaired) electrons. The van der Waals surface area contributed by atoms with Crippen LogP contribution >= 0.6 is 0 Å². The number of carboxylic acids is 1. The van der Waals surface area contributed by atoms with Crippen molar-refractivity contribution in [2.45, 2.75) is 19.8 Å². The highest BCUT2D eigenvalue weighted by Gasteiger charge is 2.11. The van der Waals surface area contributed by atoms with E-state index in [-0.39, 0.29) is 18.1 Å². The molecule has 0 fully saturated rings. The molecular weight excluding hydrogens is 234 g/mol. The molecule has 0 bridgehead atoms. The van der Waals surface area contributed by atoms with Crippen molar-refractivity contribution in [1.29, 1.82) is 0 Å². The Morgan fingerprint density at radius 1 is 1.50 bits per heavy atom. The van der Waals surface area contributed by atoms with Gasteiger partial charge in [0.2, 0.25) is 0 Å². The molecule has 5 nitrogen and oxygen atoms in total. The Hall–Kier alpha value is -2.04. The molecule has 5 heteroatoms. The maximum absolute atomic E-state index is 11.3. The molecule has 2 rings (SSSR count). The van der Waals surface area contributed by atoms with E-state index in [0.29, 0.717) is 12.0 Å². The summed E-state index contributed by atoms with van der Waals surface area (Å²) in [7, 11) is 1.65. The summed E-state index contributed by atoms with van der Waals surface area (Å²) in [6.45, 7) is 1.89. The molecule has 2 aromatic rings. The fraction of sp³-hybridized carbons (Fsp3) is 0.385. The van der Waals surface area contributed by atoms with E-state index in [2.05, 4.69) is 0 Å². The second-order valence-electron chi connectivity index (χ2n) is 4.64. The molecule has 1 unspecified atom stereocenters. The molecule has 96 valence electrons. The number of fused-ring (bicyclic) bond motifs is 1. The van der Waals surface area contributed by atoms with Crippen LogP contribution in [0.4, 0.5) is 0 Å². The van der Waals surface area contributed by atoms with Gasteiger partial charge in [-0.15, -0.1) is 0 Å². The van der Waals surface area contributed by atoms with Crippen LogP contribution in [-0.4, -0.2) is 15.6 Å². The zero-order valence-electron chi connectivity index (χ0n) is 10.3. The van der Waals surface area contributed by atoms with E-state index in [1.807, 2.05) is 19.1 Å². The molecule has 0 saturated heterocycles. The highest BCUT2D eigenvalue weighted by atomic mass is 16.4. The molecule has 0 aliphatic rings. The van der Waals surface area contributed by atoms with Gasteiger partial charge in [-0.25, -0.2) is 4.79 Å². The third kappa shape index (κ3) is 2.45. The Morgan fingerprint density at radius 3 is 2.89 bits per heavy atom. The first-order chi connectivity index (χ1) is 8.47. The Labute approximate surface area is 104 Å². The number of hydrogen-bond donors (Lipinski definition) is 1. The molecule has 1 heterocycles. The Kier molecular flexibility index (Phi) is 3.23. The first kappa shape index (κ1) is 12.4. The summed E-state index contributed by atoms with van der Waals surface area (Å²) >= 11 is 0. The summed E-state index contributed by atoms with van der Waals surface area (Å²) < 4.78 is 6.54. The van der Waals surface area contributed by atoms with E-state index in [4.69, 9.17) is 9.52 Å². The average molecular weight is 249 g/mol. The minimum atomic E-state index is -0.796. The molecule has 1 atom stereocenters. The second-order valence-corrected chi connectivity index (χ2v) is 4.64. The third-order valence-corrected chi connectivity index (χ3v) is 2.96. The van der Waals surface area contributed by atoms with E-state index in [1.165, 1.54) is 4.57 Å². The summed E-state index contributed by atoms with van der Waals surface area (Å²) in [6.07, 6.45) is 0.789. The predicted octanol–water partition coefficient (Wildman–Crippen LogP) is 1.78. The fourth-order valence-electron chi connectivity index (χ4n) is 2.08. The normalized spacial score (nSPS) is 12.8. The maximum Gasteiger partial charge on any atom is 0.419 e. The number of hydrogen-bond acceptors (Lipinski definition) is 3. The molecule has 0 amide bonds. The first-order valence-corrected chi connectivity index (χ1v) is 5.77. The Morgan fingerprint density at radius 2 is 2.22 bits per heavy atom. The van der Waals surface area contributed by atoms with E-state index in [0.717, 1.165) is 11.1 Å². The first-order valence-electron chi connectivity index (χ1n) is 5.77. The number of aliphatic carboxylic acids is 1. The lowest BCUT2D eigenvalue weighted by Crippen LogP contribution is -2.08. The van der Waals surface area contributed by atoms with E-state index in [9.17, 15) is 9.59 Å². The zero-order valence-corrected chi connectivity index (χ0v) is 10.3. The molecule has 18 heavy (non-hydrogen) atoms. The van der Waals surface area contributed by atoms with Crippen LogP contribution in [0.1, 0.15) is 18.9 Å². The number of rotatable bonds is 4. The van der Waals surface area contributed by atoms with Gasteiger partial charge in [0.1, 0.15) is 0 Å². The van der Waals surface area contributed by atoms with Gasteiger partial charge in [-0.3, -0.25) is 9.36 Å². The van der Waals surface area contributed by atoms with Crippen LogP contribution in [0.2, 0.25) is 0 Å². The third-order valence-electron chi connectivity index (χ3n) is 2.96. The smallest absolute Gasteiger partial charge is 0.419 e. The van der Waals surface area contributed by atoms with Gasteiger partial charge in [0.15, 0.2) is 5.58 Å². The van der Waals surface area contributed by atoms with Crippen LogP contribution in [0.5, 0.6) is 0 Å². The van der Waals surface area contributed by atoms with Crippen molar-refractivity contribution >= 4 is 17.1 Å². The van der Waals surface area contributed by atoms with Gasteiger partial charge in [0.05, 0.1) is 5.52 Å². The van der Waals surface area contributed by atoms with Crippen LogP contribution in [0.15, 0.2) is 27.4 Å². The quantitative estimate of drug-likeness (QED) is 0.896. The van der Waals surface area contributed by atoms with Gasteiger partial charge in [-0.2, -0.15) is 0 Å². The van der Waals surface area contributed by atoms with Gasteiger partial charge in [-0.05, 0) is 30.0 Å². The van der Waals surface area contributed by atoms with Crippen molar-refractivity contribution in [1.82, 2.24) is 4.57 Å². The molecule has 0 aliphatic carbocycles. The minimum Gasteiger partial charge on any atom is -0.481 e. The minimum absolute atomic E-state index is 0.0513. The van der Waals surface area contributed by atoms with E-state index >= 15 is 0 Å². The van der Waals surface area contributed by atoms with Crippen LogP contribution in [0.3, 0.4) is 0 Å². The summed E-state index contributed by atoms with van der Waals surface area (Å²) in [5, 5.41) is 8.71. The fourth-order valence-corrected chi connectivity index (χ4v) is 2.08. The van der Waals surface area contributed by atoms with Crippen LogP contribution < -0.4 is 5.76 Å². The number of aromatic nitrogens is 1. The molecule has 0 aliphatic heterocycles. The van der Waals surface area contributed by atoms with Crippen molar-refractivity contribution < 1.29 is 14.3 Å². The van der Waals surface area contributed by atoms with Gasteiger partial charge >= 0.3 is 11.7 Å². The largest absolute Gasteiger partial charge is 0.481 e. The molecular formula is C13H15NO4. The highest BCUT2D eigenvalue weighted by molar-refractivity contribution is 5.73. The number of carbonyl (C=O) groups is 1. The van der Waals surface area contributed by atoms with Crippen LogP contribution in [0, 0.1) is 5.92 Å². The lowest BCUT2D eigenvalue weighted by molar-refractivity contribution is -0.137. The SMILES string of the molecule is CC(CC(=O)O)Cc1ccc2c(c1)oc(=O)n2C. The van der Waals surface area contributed by atoms with Crippen molar-refractivity contribution in [2.75, 3.05) is 0 Å². The second kappa shape index (κ2) is 4.68. The predicted molar refractivity (Wildman–Crippen MR) is 66.6 cm³/mol. The summed E-state index contributed by atoms with van der Waals surface area (Å²) in [5.41, 5.74) is 2.27. The Balaban J connectivity index is 2.25. The molecule has 1 N–H and O–H groups in total. The van der Waals surface area contributed by atoms with Crippen molar-refractivity contribution in [2.24, 2.45) is 13.0 Å². The van der Waals surface area contributed by atoms with Gasteiger partial charge < -0.3 is 9.52 Å². The Bertz CT molecular complexity index is 638. The number of benzene rings is 1. The monoisotopic (exact) mass is 249 g/mol. The average Bonchev–Trinajstić information content (AvgIpc) is 2.53. The summed E-state index contributed by atoms with van der Waals surface area (Å²) in [4.78, 5) is 21.9. The number of carboxylic acid groups (broad SMARTS) is 1. The van der Waals surface area contributed by atoms with E-state index in [1.54, 1.807) is 13.1 Å². The molecule has 1 aromatic carbocycles. The summed E-state index contributed by atoms with van der Waals surface area (Å²) in [6, 6.07) is 5.52. The maximum atomic E-state index is 11.3. The van der Waals surface area contributed by atoms with Gasteiger partial charge in [0, 0.05) is 13.5 Å². The number of aryl methyl sites for hydroxylation is 1. The van der Waals surface area contributed by atoms with Gasteiger partial charge in [-0.1, -0.05) is 13.0 Å². The summed E-state index contributed by atoms with van der Waals surface area (Å²) in [5.74, 6) is -1.13. The lowest BCUT2D eigenvalue weighted by atomic mass is 9.98. The number of oxazole rings is 1. The molecule has 0 spiro atoms. The van der Waals surface area contributed by atoms with Gasteiger partial charge in [0.25, 0.3) is 0 Å². The molecule has 1 aromatic heterocycles. The van der Waals surface area contributed by atoms with Crippen molar-refractivity contribution in [3.05, 3.63) is 34.3 Å². The highest BCUT2D eigenvalue weighted by Crippen LogP contribution is 2.18. The lowest BCUT2D eigenvalue weighted by Gasteiger charge is -2.08.